The van der Waals surface area contributed by atoms with Gasteiger partial charge in [-0.05, 0) is 36.4 Å². The van der Waals surface area contributed by atoms with E-state index in [1.807, 2.05) is 18.4 Å². The van der Waals surface area contributed by atoms with Gasteiger partial charge < -0.3 is 0 Å². The topological polar surface area (TPSA) is 0 Å². The highest BCUT2D eigenvalue weighted by atomic mass is 32.2. The van der Waals surface area contributed by atoms with Crippen LogP contribution >= 0.6 is 11.8 Å². The predicted molar refractivity (Wildman–Crippen MR) is 68.4 cm³/mol. The minimum absolute atomic E-state index is 0.150. The summed E-state index contributed by atoms with van der Waals surface area (Å²) in [4.78, 5) is 0.693. The fraction of sp³-hybridized carbons (Fsp3) is 0.143. The second kappa shape index (κ2) is 4.71. The van der Waals surface area contributed by atoms with E-state index < -0.39 is 0 Å². The maximum absolute atomic E-state index is 13.3. The van der Waals surface area contributed by atoms with Crippen molar-refractivity contribution in [3.8, 4) is 11.1 Å². The van der Waals surface area contributed by atoms with Gasteiger partial charge in [0.25, 0.3) is 0 Å². The second-order valence-electron chi connectivity index (χ2n) is 3.72. The van der Waals surface area contributed by atoms with E-state index in [0.29, 0.717) is 4.90 Å². The van der Waals surface area contributed by atoms with Crippen LogP contribution in [0.4, 0.5) is 4.39 Å². The van der Waals surface area contributed by atoms with Crippen LogP contribution in [-0.4, -0.2) is 6.26 Å². The molecule has 2 aromatic carbocycles. The first-order valence-electron chi connectivity index (χ1n) is 5.11. The lowest BCUT2D eigenvalue weighted by molar-refractivity contribution is 0.602. The first-order chi connectivity index (χ1) is 7.70. The van der Waals surface area contributed by atoms with Gasteiger partial charge in [0, 0.05) is 4.90 Å². The van der Waals surface area contributed by atoms with E-state index in [0.717, 1.165) is 11.1 Å². The third kappa shape index (κ3) is 2.27. The number of benzene rings is 2. The Balaban J connectivity index is 2.44. The van der Waals surface area contributed by atoms with Crippen LogP contribution in [0.1, 0.15) is 5.56 Å². The third-order valence-corrected chi connectivity index (χ3v) is 3.29. The van der Waals surface area contributed by atoms with Gasteiger partial charge in [-0.3, -0.25) is 0 Å². The van der Waals surface area contributed by atoms with Gasteiger partial charge in [0.1, 0.15) is 5.82 Å². The smallest absolute Gasteiger partial charge is 0.136 e. The molecule has 2 aromatic rings. The van der Waals surface area contributed by atoms with Crippen LogP contribution in [0.2, 0.25) is 0 Å². The number of aryl methyl sites for hydroxylation is 1. The van der Waals surface area contributed by atoms with Gasteiger partial charge in [-0.2, -0.15) is 0 Å². The van der Waals surface area contributed by atoms with Crippen LogP contribution in [0.25, 0.3) is 11.1 Å². The molecule has 0 amide bonds. The average Bonchev–Trinajstić information content (AvgIpc) is 2.31. The van der Waals surface area contributed by atoms with Gasteiger partial charge in [-0.1, -0.05) is 35.9 Å². The molecule has 2 rings (SSSR count). The van der Waals surface area contributed by atoms with Gasteiger partial charge in [-0.25, -0.2) is 4.39 Å². The molecule has 0 spiro atoms. The quantitative estimate of drug-likeness (QED) is 0.686. The van der Waals surface area contributed by atoms with Crippen molar-refractivity contribution in [3.63, 3.8) is 0 Å². The van der Waals surface area contributed by atoms with E-state index in [2.05, 4.69) is 31.2 Å². The number of halogens is 1. The molecule has 0 atom stereocenters. The van der Waals surface area contributed by atoms with E-state index in [9.17, 15) is 4.39 Å². The van der Waals surface area contributed by atoms with Crippen molar-refractivity contribution in [2.75, 3.05) is 6.26 Å². The van der Waals surface area contributed by atoms with E-state index in [1.165, 1.54) is 23.4 Å². The molecule has 0 radical (unpaired) electrons. The Morgan fingerprint density at radius 3 is 2.19 bits per heavy atom. The number of rotatable bonds is 2. The molecule has 0 unspecified atom stereocenters. The molecular formula is C14H13FS. The normalized spacial score (nSPS) is 10.4. The summed E-state index contributed by atoms with van der Waals surface area (Å²) in [6, 6.07) is 13.5. The fourth-order valence-corrected chi connectivity index (χ4v) is 2.09. The summed E-state index contributed by atoms with van der Waals surface area (Å²) in [5, 5.41) is 0. The Bertz CT molecular complexity index is 489. The lowest BCUT2D eigenvalue weighted by atomic mass is 10.0. The van der Waals surface area contributed by atoms with Crippen molar-refractivity contribution < 1.29 is 4.39 Å². The standard InChI is InChI=1S/C14H13FS/c1-10-3-5-11(6-4-10)12-7-8-13(15)14(9-12)16-2/h3-9H,1-2H3. The molecular weight excluding hydrogens is 219 g/mol. The van der Waals surface area contributed by atoms with Crippen molar-refractivity contribution in [1.82, 2.24) is 0 Å². The monoisotopic (exact) mass is 232 g/mol. The molecule has 16 heavy (non-hydrogen) atoms. The molecule has 0 nitrogen and oxygen atoms in total. The molecule has 2 heteroatoms. The third-order valence-electron chi connectivity index (χ3n) is 2.54. The Hall–Kier alpha value is -1.28. The van der Waals surface area contributed by atoms with Crippen LogP contribution in [0, 0.1) is 12.7 Å². The maximum atomic E-state index is 13.3. The summed E-state index contributed by atoms with van der Waals surface area (Å²) in [6.07, 6.45) is 1.89. The summed E-state index contributed by atoms with van der Waals surface area (Å²) in [5.74, 6) is -0.150. The molecule has 0 fully saturated rings. The van der Waals surface area contributed by atoms with Crippen molar-refractivity contribution in [3.05, 3.63) is 53.8 Å². The van der Waals surface area contributed by atoms with Crippen molar-refractivity contribution in [2.24, 2.45) is 0 Å². The van der Waals surface area contributed by atoms with Crippen LogP contribution in [-0.2, 0) is 0 Å². The maximum Gasteiger partial charge on any atom is 0.136 e. The summed E-state index contributed by atoms with van der Waals surface area (Å²) >= 11 is 1.43. The minimum Gasteiger partial charge on any atom is -0.206 e. The second-order valence-corrected chi connectivity index (χ2v) is 4.56. The lowest BCUT2D eigenvalue weighted by Crippen LogP contribution is -1.83. The van der Waals surface area contributed by atoms with Crippen molar-refractivity contribution in [2.45, 2.75) is 11.8 Å². The molecule has 82 valence electrons. The lowest BCUT2D eigenvalue weighted by Gasteiger charge is -2.05. The highest BCUT2D eigenvalue weighted by molar-refractivity contribution is 7.98. The largest absolute Gasteiger partial charge is 0.206 e. The van der Waals surface area contributed by atoms with E-state index >= 15 is 0 Å². The molecule has 0 saturated carbocycles. The van der Waals surface area contributed by atoms with Crippen molar-refractivity contribution >= 4 is 11.8 Å². The first-order valence-corrected chi connectivity index (χ1v) is 6.34. The Labute approximate surface area is 99.5 Å². The van der Waals surface area contributed by atoms with Crippen LogP contribution < -0.4 is 0 Å². The van der Waals surface area contributed by atoms with Gasteiger partial charge in [0.05, 0.1) is 0 Å². The summed E-state index contributed by atoms with van der Waals surface area (Å²) in [5.41, 5.74) is 3.42. The van der Waals surface area contributed by atoms with Gasteiger partial charge >= 0.3 is 0 Å². The molecule has 0 aliphatic carbocycles. The number of hydrogen-bond acceptors (Lipinski definition) is 1. The molecule has 0 aliphatic rings. The van der Waals surface area contributed by atoms with Crippen LogP contribution in [0.3, 0.4) is 0 Å². The predicted octanol–water partition coefficient (Wildman–Crippen LogP) is 4.52. The zero-order chi connectivity index (χ0) is 11.5. The summed E-state index contributed by atoms with van der Waals surface area (Å²) in [7, 11) is 0. The molecule has 0 aliphatic heterocycles. The molecule has 0 saturated heterocycles. The fourth-order valence-electron chi connectivity index (χ4n) is 1.59. The molecule has 0 bridgehead atoms. The van der Waals surface area contributed by atoms with Crippen LogP contribution in [0.15, 0.2) is 47.4 Å². The highest BCUT2D eigenvalue weighted by Gasteiger charge is 2.03. The van der Waals surface area contributed by atoms with Crippen LogP contribution in [0.5, 0.6) is 0 Å². The van der Waals surface area contributed by atoms with Gasteiger partial charge in [-0.15, -0.1) is 11.8 Å². The van der Waals surface area contributed by atoms with Gasteiger partial charge in [0.2, 0.25) is 0 Å². The van der Waals surface area contributed by atoms with E-state index in [1.54, 1.807) is 0 Å². The van der Waals surface area contributed by atoms with Gasteiger partial charge in [0.15, 0.2) is 0 Å². The average molecular weight is 232 g/mol. The van der Waals surface area contributed by atoms with Crippen molar-refractivity contribution in [1.29, 1.82) is 0 Å². The molecule has 0 heterocycles. The Morgan fingerprint density at radius 1 is 0.938 bits per heavy atom. The van der Waals surface area contributed by atoms with E-state index in [4.69, 9.17) is 0 Å². The van der Waals surface area contributed by atoms with E-state index in [-0.39, 0.29) is 5.82 Å². The minimum atomic E-state index is -0.150. The molecule has 0 aromatic heterocycles. The summed E-state index contributed by atoms with van der Waals surface area (Å²) < 4.78 is 13.3. The SMILES string of the molecule is CSc1cc(-c2ccc(C)cc2)ccc1F. The number of thioether (sulfide) groups is 1. The summed E-state index contributed by atoms with van der Waals surface area (Å²) in [6.45, 7) is 2.06. The zero-order valence-corrected chi connectivity index (χ0v) is 10.1. The Kier molecular flexibility index (Phi) is 3.30. The number of hydrogen-bond donors (Lipinski definition) is 0. The first kappa shape index (κ1) is 11.2. The molecule has 0 N–H and O–H groups in total. The Morgan fingerprint density at radius 2 is 1.56 bits per heavy atom. The zero-order valence-electron chi connectivity index (χ0n) is 9.33. The highest BCUT2D eigenvalue weighted by Crippen LogP contribution is 2.26.